The number of benzene rings is 1. The highest BCUT2D eigenvalue weighted by Gasteiger charge is 1.94. The summed E-state index contributed by atoms with van der Waals surface area (Å²) in [5, 5.41) is 0. The van der Waals surface area contributed by atoms with Crippen LogP contribution in [-0.4, -0.2) is 4.51 Å². The molecule has 1 rings (SSSR count). The summed E-state index contributed by atoms with van der Waals surface area (Å²) in [7, 11) is 0. The summed E-state index contributed by atoms with van der Waals surface area (Å²) in [6.07, 6.45) is 0. The smallest absolute Gasteiger partial charge is 0.260 e. The van der Waals surface area contributed by atoms with E-state index in [2.05, 4.69) is 28.1 Å². The third-order valence-corrected chi connectivity index (χ3v) is 1.70. The van der Waals surface area contributed by atoms with Gasteiger partial charge in [0.15, 0.2) is 0 Å². The van der Waals surface area contributed by atoms with E-state index in [-0.39, 0.29) is 4.51 Å². The van der Waals surface area contributed by atoms with E-state index in [0.29, 0.717) is 5.75 Å². The summed E-state index contributed by atoms with van der Waals surface area (Å²) in [4.78, 5) is 0. The van der Waals surface area contributed by atoms with Gasteiger partial charge in [-0.2, -0.15) is 0 Å². The first kappa shape index (κ1) is 8.97. The molecule has 11 heavy (non-hydrogen) atoms. The second-order valence-corrected chi connectivity index (χ2v) is 3.65. The van der Waals surface area contributed by atoms with Crippen molar-refractivity contribution in [1.29, 1.82) is 0 Å². The Morgan fingerprint density at radius 1 is 1.36 bits per heavy atom. The molecule has 0 aromatic heterocycles. The Morgan fingerprint density at radius 2 is 1.91 bits per heavy atom. The SMILES string of the molecule is S=C(Cl)Oc1ccc(Br)cc1. The Balaban J connectivity index is 2.74. The van der Waals surface area contributed by atoms with E-state index in [1.807, 2.05) is 12.1 Å². The first-order valence-corrected chi connectivity index (χ1v) is 4.39. The van der Waals surface area contributed by atoms with Gasteiger partial charge in [0.2, 0.25) is 0 Å². The summed E-state index contributed by atoms with van der Waals surface area (Å²) in [5.41, 5.74) is 0. The van der Waals surface area contributed by atoms with Crippen LogP contribution in [0.25, 0.3) is 0 Å². The number of hydrogen-bond donors (Lipinski definition) is 0. The lowest BCUT2D eigenvalue weighted by Gasteiger charge is -1.99. The average molecular weight is 252 g/mol. The van der Waals surface area contributed by atoms with Crippen molar-refractivity contribution < 1.29 is 4.74 Å². The van der Waals surface area contributed by atoms with Gasteiger partial charge in [-0.1, -0.05) is 15.9 Å². The fourth-order valence-corrected chi connectivity index (χ4v) is 1.04. The lowest BCUT2D eigenvalue weighted by atomic mass is 10.3. The highest BCUT2D eigenvalue weighted by atomic mass is 79.9. The summed E-state index contributed by atoms with van der Waals surface area (Å²) in [6.45, 7) is 0. The van der Waals surface area contributed by atoms with Crippen molar-refractivity contribution in [1.82, 2.24) is 0 Å². The van der Waals surface area contributed by atoms with Crippen LogP contribution < -0.4 is 4.74 Å². The summed E-state index contributed by atoms with van der Waals surface area (Å²) in [5.74, 6) is 0.646. The van der Waals surface area contributed by atoms with Crippen molar-refractivity contribution in [2.24, 2.45) is 0 Å². The topological polar surface area (TPSA) is 9.23 Å². The van der Waals surface area contributed by atoms with Gasteiger partial charge in [-0.25, -0.2) is 0 Å². The maximum Gasteiger partial charge on any atom is 0.260 e. The van der Waals surface area contributed by atoms with Crippen molar-refractivity contribution in [3.05, 3.63) is 28.7 Å². The minimum absolute atomic E-state index is 0.00678. The van der Waals surface area contributed by atoms with Crippen molar-refractivity contribution in [3.63, 3.8) is 0 Å². The van der Waals surface area contributed by atoms with Gasteiger partial charge in [0.1, 0.15) is 5.75 Å². The Kier molecular flexibility index (Phi) is 3.30. The predicted octanol–water partition coefficient (Wildman–Crippen LogP) is 3.35. The van der Waals surface area contributed by atoms with Gasteiger partial charge >= 0.3 is 0 Å². The van der Waals surface area contributed by atoms with Crippen molar-refractivity contribution >= 4 is 44.3 Å². The molecule has 0 fully saturated rings. The predicted molar refractivity (Wildman–Crippen MR) is 53.2 cm³/mol. The number of thiocarbonyl (C=S) groups is 1. The molecule has 1 nitrogen and oxygen atoms in total. The molecule has 58 valence electrons. The van der Waals surface area contributed by atoms with E-state index in [4.69, 9.17) is 16.3 Å². The van der Waals surface area contributed by atoms with Crippen molar-refractivity contribution in [2.75, 3.05) is 0 Å². The lowest BCUT2D eigenvalue weighted by Crippen LogP contribution is -1.94. The van der Waals surface area contributed by atoms with Crippen LogP contribution in [0.15, 0.2) is 28.7 Å². The van der Waals surface area contributed by atoms with E-state index in [1.165, 1.54) is 0 Å². The molecular formula is C7H4BrClOS. The monoisotopic (exact) mass is 250 g/mol. The molecule has 0 saturated carbocycles. The van der Waals surface area contributed by atoms with E-state index in [9.17, 15) is 0 Å². The third kappa shape index (κ3) is 3.18. The van der Waals surface area contributed by atoms with Crippen LogP contribution in [0.3, 0.4) is 0 Å². The van der Waals surface area contributed by atoms with Crippen LogP contribution in [0.2, 0.25) is 0 Å². The summed E-state index contributed by atoms with van der Waals surface area (Å²) >= 11 is 13.2. The zero-order valence-corrected chi connectivity index (χ0v) is 8.54. The molecule has 0 saturated heterocycles. The van der Waals surface area contributed by atoms with Crippen LogP contribution in [0.1, 0.15) is 0 Å². The standard InChI is InChI=1S/C7H4BrClOS/c8-5-1-3-6(4-2-5)10-7(9)11/h1-4H. The van der Waals surface area contributed by atoms with Crippen LogP contribution in [-0.2, 0) is 0 Å². The van der Waals surface area contributed by atoms with Gasteiger partial charge in [-0.3, -0.25) is 0 Å². The zero-order chi connectivity index (χ0) is 8.27. The molecule has 4 heteroatoms. The largest absolute Gasteiger partial charge is 0.436 e. The molecule has 0 unspecified atom stereocenters. The Labute approximate surface area is 83.4 Å². The second kappa shape index (κ2) is 4.04. The summed E-state index contributed by atoms with van der Waals surface area (Å²) < 4.78 is 5.94. The van der Waals surface area contributed by atoms with Gasteiger partial charge < -0.3 is 4.74 Å². The molecule has 0 N–H and O–H groups in total. The number of ether oxygens (including phenoxy) is 1. The highest BCUT2D eigenvalue weighted by molar-refractivity contribution is 9.10. The molecule has 0 atom stereocenters. The molecule has 1 aromatic carbocycles. The molecule has 1 aromatic rings. The average Bonchev–Trinajstić information content (AvgIpc) is 1.93. The van der Waals surface area contributed by atoms with Crippen LogP contribution >= 0.6 is 39.7 Å². The Hall–Kier alpha value is -0.120. The van der Waals surface area contributed by atoms with Crippen LogP contribution in [0.5, 0.6) is 5.75 Å². The normalized spacial score (nSPS) is 9.27. The quantitative estimate of drug-likeness (QED) is 0.559. The number of rotatable bonds is 1. The van der Waals surface area contributed by atoms with E-state index in [1.54, 1.807) is 12.1 Å². The maximum absolute atomic E-state index is 5.35. The zero-order valence-electron chi connectivity index (χ0n) is 5.38. The molecule has 0 aliphatic rings. The number of hydrogen-bond acceptors (Lipinski definition) is 2. The molecule has 0 aliphatic carbocycles. The van der Waals surface area contributed by atoms with E-state index < -0.39 is 0 Å². The van der Waals surface area contributed by atoms with Gasteiger partial charge in [-0.15, -0.1) is 0 Å². The Bertz CT molecular complexity index is 260. The van der Waals surface area contributed by atoms with E-state index >= 15 is 0 Å². The fraction of sp³-hybridized carbons (Fsp3) is 0. The van der Waals surface area contributed by atoms with Gasteiger partial charge in [0.25, 0.3) is 4.51 Å². The van der Waals surface area contributed by atoms with E-state index in [0.717, 1.165) is 4.47 Å². The molecule has 0 radical (unpaired) electrons. The minimum atomic E-state index is 0.00678. The number of halogens is 2. The molecular weight excluding hydrogens is 247 g/mol. The van der Waals surface area contributed by atoms with Gasteiger partial charge in [0.05, 0.1) is 0 Å². The first-order valence-electron chi connectivity index (χ1n) is 2.81. The Morgan fingerprint density at radius 3 is 2.36 bits per heavy atom. The van der Waals surface area contributed by atoms with Crippen LogP contribution in [0, 0.1) is 0 Å². The summed E-state index contributed by atoms with van der Waals surface area (Å²) in [6, 6.07) is 7.26. The van der Waals surface area contributed by atoms with Crippen molar-refractivity contribution in [2.45, 2.75) is 0 Å². The van der Waals surface area contributed by atoms with Gasteiger partial charge in [0, 0.05) is 4.47 Å². The highest BCUT2D eigenvalue weighted by Crippen LogP contribution is 2.16. The van der Waals surface area contributed by atoms with Crippen molar-refractivity contribution in [3.8, 4) is 5.75 Å². The fourth-order valence-electron chi connectivity index (χ4n) is 0.595. The molecule has 0 aliphatic heterocycles. The third-order valence-electron chi connectivity index (χ3n) is 1.01. The minimum Gasteiger partial charge on any atom is -0.436 e. The maximum atomic E-state index is 5.35. The first-order chi connectivity index (χ1) is 5.18. The molecule has 0 bridgehead atoms. The second-order valence-electron chi connectivity index (χ2n) is 1.79. The molecule has 0 amide bonds. The van der Waals surface area contributed by atoms with Crippen LogP contribution in [0.4, 0.5) is 0 Å². The lowest BCUT2D eigenvalue weighted by molar-refractivity contribution is 0.577. The molecule has 0 spiro atoms. The van der Waals surface area contributed by atoms with Gasteiger partial charge in [-0.05, 0) is 48.1 Å². The molecule has 0 heterocycles.